The first-order valence-electron chi connectivity index (χ1n) is 12.1. The molecule has 210 valence electrons. The number of alkyl halides is 3. The van der Waals surface area contributed by atoms with Gasteiger partial charge in [-0.25, -0.2) is 17.8 Å². The fourth-order valence-electron chi connectivity index (χ4n) is 4.48. The molecule has 9 nitrogen and oxygen atoms in total. The van der Waals surface area contributed by atoms with Crippen LogP contribution >= 0.6 is 0 Å². The number of likely N-dealkylation sites (N-methyl/N-ethyl adjacent to an activating group) is 1. The van der Waals surface area contributed by atoms with Crippen molar-refractivity contribution in [3.05, 3.63) is 71.9 Å². The smallest absolute Gasteiger partial charge is 0.307 e. The van der Waals surface area contributed by atoms with Crippen molar-refractivity contribution in [2.45, 2.75) is 11.1 Å². The number of anilines is 1. The second-order valence-electron chi connectivity index (χ2n) is 9.50. The van der Waals surface area contributed by atoms with Crippen molar-refractivity contribution in [1.82, 2.24) is 24.0 Å². The molecule has 3 heterocycles. The van der Waals surface area contributed by atoms with Crippen LogP contribution in [0.15, 0.2) is 59.8 Å². The van der Waals surface area contributed by atoms with E-state index < -0.39 is 38.5 Å². The minimum Gasteiger partial charge on any atom is -0.307 e. The van der Waals surface area contributed by atoms with E-state index in [1.54, 1.807) is 6.07 Å². The molecule has 0 aliphatic carbocycles. The Labute approximate surface area is 227 Å². The molecule has 1 N–H and O–H groups in total. The third kappa shape index (κ3) is 5.42. The molecule has 1 saturated heterocycles. The van der Waals surface area contributed by atoms with E-state index >= 15 is 0 Å². The van der Waals surface area contributed by atoms with Gasteiger partial charge in [-0.1, -0.05) is 12.1 Å². The average molecular weight is 577 g/mol. The summed E-state index contributed by atoms with van der Waals surface area (Å²) in [7, 11) is -0.914. The topological polar surface area (TPSA) is 100 Å². The molecule has 1 aliphatic rings. The summed E-state index contributed by atoms with van der Waals surface area (Å²) in [6.45, 7) is 1.38. The fraction of sp³-hybridized carbons (Fsp3) is 0.269. The number of benzene rings is 2. The summed E-state index contributed by atoms with van der Waals surface area (Å²) in [6.07, 6.45) is -1.93. The molecule has 0 radical (unpaired) electrons. The van der Waals surface area contributed by atoms with Crippen LogP contribution < -0.4 is 5.32 Å². The third-order valence-electron chi connectivity index (χ3n) is 6.65. The number of halogens is 4. The van der Waals surface area contributed by atoms with Crippen LogP contribution in [0.1, 0.15) is 16.1 Å². The molecule has 1 fully saturated rings. The highest BCUT2D eigenvalue weighted by Gasteiger charge is 2.37. The maximum absolute atomic E-state index is 14.6. The second kappa shape index (κ2) is 10.3. The molecule has 0 bridgehead atoms. The first-order valence-corrected chi connectivity index (χ1v) is 13.6. The molecule has 5 rings (SSSR count). The van der Waals surface area contributed by atoms with Gasteiger partial charge in [0.2, 0.25) is 10.0 Å². The van der Waals surface area contributed by atoms with E-state index in [0.717, 1.165) is 22.9 Å². The number of aromatic nitrogens is 3. The van der Waals surface area contributed by atoms with Gasteiger partial charge in [-0.15, -0.1) is 0 Å². The molecule has 2 aromatic heterocycles. The number of piperazine rings is 1. The lowest BCUT2D eigenvalue weighted by atomic mass is 10.0. The summed E-state index contributed by atoms with van der Waals surface area (Å²) in [6, 6.07) is 9.20. The van der Waals surface area contributed by atoms with Gasteiger partial charge in [0.1, 0.15) is 16.5 Å². The fourth-order valence-corrected chi connectivity index (χ4v) is 6.00. The van der Waals surface area contributed by atoms with Crippen LogP contribution in [0.2, 0.25) is 0 Å². The van der Waals surface area contributed by atoms with Crippen LogP contribution in [0.4, 0.5) is 23.4 Å². The Morgan fingerprint density at radius 1 is 0.975 bits per heavy atom. The number of hydrogen-bond donors (Lipinski definition) is 1. The van der Waals surface area contributed by atoms with E-state index in [4.69, 9.17) is 0 Å². The number of carbonyl (C=O) groups is 1. The zero-order valence-corrected chi connectivity index (χ0v) is 22.2. The zero-order chi connectivity index (χ0) is 28.8. The van der Waals surface area contributed by atoms with E-state index in [0.29, 0.717) is 23.9 Å². The third-order valence-corrected chi connectivity index (χ3v) is 8.56. The summed E-state index contributed by atoms with van der Waals surface area (Å²) in [5.41, 5.74) is -0.945. The van der Waals surface area contributed by atoms with Crippen LogP contribution in [0.5, 0.6) is 0 Å². The molecule has 0 unspecified atom stereocenters. The van der Waals surface area contributed by atoms with Gasteiger partial charge < -0.3 is 10.2 Å². The normalized spacial score (nSPS) is 15.4. The number of amides is 1. The highest BCUT2D eigenvalue weighted by Crippen LogP contribution is 2.37. The molecule has 1 aliphatic heterocycles. The highest BCUT2D eigenvalue weighted by atomic mass is 32.2. The Hall–Kier alpha value is -3.88. The Kier molecular flexibility index (Phi) is 7.10. The van der Waals surface area contributed by atoms with Crippen LogP contribution in [-0.4, -0.2) is 71.5 Å². The van der Waals surface area contributed by atoms with Crippen molar-refractivity contribution < 1.29 is 30.8 Å². The number of pyridine rings is 1. The minimum absolute atomic E-state index is 0.0738. The maximum atomic E-state index is 14.6. The van der Waals surface area contributed by atoms with E-state index in [1.807, 2.05) is 11.9 Å². The molecule has 4 aromatic rings. The molecular weight excluding hydrogens is 552 g/mol. The highest BCUT2D eigenvalue weighted by molar-refractivity contribution is 7.89. The summed E-state index contributed by atoms with van der Waals surface area (Å²) in [5.74, 6) is -1.63. The van der Waals surface area contributed by atoms with Crippen LogP contribution in [0.25, 0.3) is 21.9 Å². The summed E-state index contributed by atoms with van der Waals surface area (Å²) in [5, 5.41) is 7.20. The van der Waals surface area contributed by atoms with Gasteiger partial charge in [0, 0.05) is 62.1 Å². The molecule has 0 saturated carbocycles. The summed E-state index contributed by atoms with van der Waals surface area (Å²) in [4.78, 5) is 18.5. The van der Waals surface area contributed by atoms with Gasteiger partial charge in [-0.2, -0.15) is 22.6 Å². The van der Waals surface area contributed by atoms with E-state index in [1.165, 1.54) is 41.9 Å². The van der Waals surface area contributed by atoms with Crippen LogP contribution in [-0.2, 0) is 23.2 Å². The predicted octanol–water partition coefficient (Wildman–Crippen LogP) is 3.98. The zero-order valence-electron chi connectivity index (χ0n) is 21.4. The Morgan fingerprint density at radius 2 is 1.70 bits per heavy atom. The van der Waals surface area contributed by atoms with Crippen molar-refractivity contribution in [3.8, 4) is 11.1 Å². The van der Waals surface area contributed by atoms with Gasteiger partial charge in [-0.05, 0) is 48.3 Å². The summed E-state index contributed by atoms with van der Waals surface area (Å²) >= 11 is 0. The first kappa shape index (κ1) is 27.7. The maximum Gasteiger partial charge on any atom is 0.435 e. The summed E-state index contributed by atoms with van der Waals surface area (Å²) < 4.78 is 83.5. The van der Waals surface area contributed by atoms with Gasteiger partial charge in [0.15, 0.2) is 5.69 Å². The molecule has 14 heteroatoms. The SMILES string of the molecule is CN1CCN(S(=O)(=O)c2cc(C(=O)Nc3cc4cc(-c5cn(C)nc5C(F)(F)F)ccc4cn3)ccc2F)CC1. The number of sulfonamides is 1. The Balaban J connectivity index is 1.42. The van der Waals surface area contributed by atoms with Crippen LogP contribution in [0, 0.1) is 5.82 Å². The van der Waals surface area contributed by atoms with Crippen molar-refractivity contribution in [2.75, 3.05) is 38.5 Å². The molecular formula is C26H24F4N6O3S. The Morgan fingerprint density at radius 3 is 2.40 bits per heavy atom. The van der Waals surface area contributed by atoms with Gasteiger partial charge in [0.25, 0.3) is 5.91 Å². The molecule has 0 atom stereocenters. The largest absolute Gasteiger partial charge is 0.435 e. The van der Waals surface area contributed by atoms with Gasteiger partial charge in [0.05, 0.1) is 0 Å². The van der Waals surface area contributed by atoms with E-state index in [2.05, 4.69) is 15.4 Å². The number of nitrogens with one attached hydrogen (secondary N) is 1. The molecule has 2 aromatic carbocycles. The van der Waals surface area contributed by atoms with Crippen LogP contribution in [0.3, 0.4) is 0 Å². The number of aryl methyl sites for hydroxylation is 1. The minimum atomic E-state index is -4.64. The van der Waals surface area contributed by atoms with Crippen molar-refractivity contribution in [1.29, 1.82) is 0 Å². The lowest BCUT2D eigenvalue weighted by molar-refractivity contribution is -0.140. The number of nitrogens with zero attached hydrogens (tertiary/aromatic N) is 5. The van der Waals surface area contributed by atoms with Crippen molar-refractivity contribution in [3.63, 3.8) is 0 Å². The number of rotatable bonds is 5. The lowest BCUT2D eigenvalue weighted by Gasteiger charge is -2.31. The quantitative estimate of drug-likeness (QED) is 0.361. The monoisotopic (exact) mass is 576 g/mol. The predicted molar refractivity (Wildman–Crippen MR) is 140 cm³/mol. The first-order chi connectivity index (χ1) is 18.8. The van der Waals surface area contributed by atoms with E-state index in [-0.39, 0.29) is 35.6 Å². The lowest BCUT2D eigenvalue weighted by Crippen LogP contribution is -2.47. The van der Waals surface area contributed by atoms with E-state index in [9.17, 15) is 30.8 Å². The van der Waals surface area contributed by atoms with Gasteiger partial charge in [-0.3, -0.25) is 9.48 Å². The average Bonchev–Trinajstić information content (AvgIpc) is 3.31. The second-order valence-corrected chi connectivity index (χ2v) is 11.4. The van der Waals surface area contributed by atoms with Crippen molar-refractivity contribution >= 4 is 32.5 Å². The van der Waals surface area contributed by atoms with Crippen molar-refractivity contribution in [2.24, 2.45) is 7.05 Å². The number of hydrogen-bond acceptors (Lipinski definition) is 6. The number of carbonyl (C=O) groups excluding carboxylic acids is 1. The molecule has 40 heavy (non-hydrogen) atoms. The number of fused-ring (bicyclic) bond motifs is 1. The van der Waals surface area contributed by atoms with Gasteiger partial charge >= 0.3 is 6.18 Å². The molecule has 1 amide bonds. The standard InChI is InChI=1S/C26H24F4N6O3S/c1-34-7-9-36(10-8-34)40(38,39)22-12-17(5-6-21(22)27)25(37)32-23-13-19-11-16(3-4-18(19)14-31-23)20-15-35(2)33-24(20)26(28,29)30/h3-6,11-15H,7-10H2,1-2H3,(H,31,32,37). The molecule has 0 spiro atoms. The Bertz CT molecular complexity index is 1710.